The van der Waals surface area contributed by atoms with Crippen molar-refractivity contribution < 1.29 is 18.8 Å². The molecule has 0 spiro atoms. The average molecular weight is 453 g/mol. The highest BCUT2D eigenvalue weighted by Gasteiger charge is 2.17. The zero-order valence-electron chi connectivity index (χ0n) is 18.4. The van der Waals surface area contributed by atoms with E-state index in [1.165, 1.54) is 13.3 Å². The number of benzene rings is 1. The van der Waals surface area contributed by atoms with Crippen LogP contribution in [-0.2, 0) is 4.74 Å². The van der Waals surface area contributed by atoms with E-state index in [0.717, 1.165) is 11.1 Å². The molecule has 12 heteroatoms. The van der Waals surface area contributed by atoms with Gasteiger partial charge in [-0.2, -0.15) is 20.1 Å². The maximum absolute atomic E-state index is 11.1. The number of rotatable bonds is 7. The molecular formula is C21H23N7O5. The maximum atomic E-state index is 11.1. The summed E-state index contributed by atoms with van der Waals surface area (Å²) in [6.45, 7) is 6.05. The van der Waals surface area contributed by atoms with Crippen LogP contribution in [0, 0.1) is 24.0 Å². The first-order chi connectivity index (χ1) is 15.9. The number of nitro benzene ring substituents is 1. The van der Waals surface area contributed by atoms with Crippen LogP contribution in [0.3, 0.4) is 0 Å². The van der Waals surface area contributed by atoms with E-state index in [9.17, 15) is 10.1 Å². The Morgan fingerprint density at radius 1 is 1.18 bits per heavy atom. The highest BCUT2D eigenvalue weighted by molar-refractivity contribution is 5.78. The number of nitrogens with zero attached hydrogens (tertiary/aromatic N) is 6. The summed E-state index contributed by atoms with van der Waals surface area (Å²) in [6, 6.07) is 7.01. The van der Waals surface area contributed by atoms with E-state index >= 15 is 0 Å². The second-order valence-electron chi connectivity index (χ2n) is 7.33. The second-order valence-corrected chi connectivity index (χ2v) is 7.33. The molecule has 1 aliphatic rings. The van der Waals surface area contributed by atoms with Gasteiger partial charge >= 0.3 is 6.01 Å². The number of furan rings is 1. The predicted octanol–water partition coefficient (Wildman–Crippen LogP) is 2.95. The summed E-state index contributed by atoms with van der Waals surface area (Å²) < 4.78 is 16.4. The molecule has 1 fully saturated rings. The van der Waals surface area contributed by atoms with Gasteiger partial charge in [0, 0.05) is 30.3 Å². The smallest absolute Gasteiger partial charge is 0.322 e. The third-order valence-electron chi connectivity index (χ3n) is 5.07. The fourth-order valence-corrected chi connectivity index (χ4v) is 3.38. The maximum Gasteiger partial charge on any atom is 0.322 e. The molecule has 0 unspecified atom stereocenters. The van der Waals surface area contributed by atoms with Gasteiger partial charge in [-0.1, -0.05) is 0 Å². The summed E-state index contributed by atoms with van der Waals surface area (Å²) in [4.78, 5) is 25.6. The van der Waals surface area contributed by atoms with Crippen LogP contribution in [0.2, 0.25) is 0 Å². The summed E-state index contributed by atoms with van der Waals surface area (Å²) in [6.07, 6.45) is 1.49. The van der Waals surface area contributed by atoms with E-state index in [1.54, 1.807) is 38.1 Å². The summed E-state index contributed by atoms with van der Waals surface area (Å²) in [5, 5.41) is 15.3. The molecule has 1 aromatic carbocycles. The monoisotopic (exact) mass is 453 g/mol. The number of nitro groups is 1. The van der Waals surface area contributed by atoms with Crippen molar-refractivity contribution in [2.75, 3.05) is 43.7 Å². The summed E-state index contributed by atoms with van der Waals surface area (Å²) >= 11 is 0. The van der Waals surface area contributed by atoms with Crippen LogP contribution in [0.4, 0.5) is 17.6 Å². The Morgan fingerprint density at radius 2 is 1.97 bits per heavy atom. The van der Waals surface area contributed by atoms with Crippen LogP contribution >= 0.6 is 0 Å². The number of aryl methyl sites for hydroxylation is 2. The largest absolute Gasteiger partial charge is 0.467 e. The predicted molar refractivity (Wildman–Crippen MR) is 121 cm³/mol. The van der Waals surface area contributed by atoms with Crippen molar-refractivity contribution in [3.8, 4) is 17.3 Å². The van der Waals surface area contributed by atoms with Crippen molar-refractivity contribution in [3.63, 3.8) is 0 Å². The van der Waals surface area contributed by atoms with Gasteiger partial charge in [-0.05, 0) is 37.6 Å². The van der Waals surface area contributed by atoms with Crippen LogP contribution in [0.25, 0.3) is 11.3 Å². The standard InChI is InChI=1S/C21H23N7O5/c1-13-11-17(28(29)30)14(2)10-16(13)18-5-4-15(33-18)12-22-26-19-23-20(25-21(24-19)31-3)27-6-8-32-9-7-27/h4-5,10-12H,6-9H2,1-3H3,(H,23,24,25,26)/b22-12-. The van der Waals surface area contributed by atoms with Crippen molar-refractivity contribution in [2.45, 2.75) is 13.8 Å². The van der Waals surface area contributed by atoms with Gasteiger partial charge in [0.1, 0.15) is 11.5 Å². The molecule has 33 heavy (non-hydrogen) atoms. The lowest BCUT2D eigenvalue weighted by atomic mass is 10.0. The zero-order valence-corrected chi connectivity index (χ0v) is 18.4. The Kier molecular flexibility index (Phi) is 6.45. The minimum Gasteiger partial charge on any atom is -0.467 e. The Balaban J connectivity index is 1.49. The van der Waals surface area contributed by atoms with Gasteiger partial charge in [0.05, 0.1) is 31.5 Å². The van der Waals surface area contributed by atoms with Crippen LogP contribution in [0.15, 0.2) is 33.8 Å². The van der Waals surface area contributed by atoms with Gasteiger partial charge < -0.3 is 18.8 Å². The van der Waals surface area contributed by atoms with E-state index in [1.807, 2.05) is 4.90 Å². The molecule has 1 aliphatic heterocycles. The first kappa shape index (κ1) is 22.1. The van der Waals surface area contributed by atoms with E-state index < -0.39 is 4.92 Å². The lowest BCUT2D eigenvalue weighted by Crippen LogP contribution is -2.37. The molecule has 4 rings (SSSR count). The molecule has 0 amide bonds. The third-order valence-corrected chi connectivity index (χ3v) is 5.07. The van der Waals surface area contributed by atoms with Crippen molar-refractivity contribution >= 4 is 23.8 Å². The molecule has 172 valence electrons. The first-order valence-electron chi connectivity index (χ1n) is 10.2. The molecule has 3 aromatic rings. The van der Waals surface area contributed by atoms with Crippen LogP contribution in [-0.4, -0.2) is 59.5 Å². The second kappa shape index (κ2) is 9.61. The van der Waals surface area contributed by atoms with Crippen molar-refractivity contribution in [1.82, 2.24) is 15.0 Å². The number of hydrogen-bond acceptors (Lipinski definition) is 11. The Morgan fingerprint density at radius 3 is 2.70 bits per heavy atom. The Labute approximate surface area is 189 Å². The van der Waals surface area contributed by atoms with Gasteiger partial charge in [-0.15, -0.1) is 0 Å². The summed E-state index contributed by atoms with van der Waals surface area (Å²) in [5.41, 5.74) is 4.94. The summed E-state index contributed by atoms with van der Waals surface area (Å²) in [7, 11) is 1.48. The minimum absolute atomic E-state index is 0.0815. The Hall–Kier alpha value is -4.06. The molecule has 0 bridgehead atoms. The first-order valence-corrected chi connectivity index (χ1v) is 10.2. The van der Waals surface area contributed by atoms with Gasteiger partial charge in [-0.25, -0.2) is 5.43 Å². The number of morpholine rings is 1. The molecule has 0 radical (unpaired) electrons. The number of anilines is 2. The van der Waals surface area contributed by atoms with Gasteiger partial charge in [0.25, 0.3) is 11.6 Å². The number of hydrazone groups is 1. The fourth-order valence-electron chi connectivity index (χ4n) is 3.38. The zero-order chi connectivity index (χ0) is 23.4. The van der Waals surface area contributed by atoms with Crippen LogP contribution in [0.5, 0.6) is 6.01 Å². The summed E-state index contributed by atoms with van der Waals surface area (Å²) in [5.74, 6) is 1.78. The molecule has 1 N–H and O–H groups in total. The van der Waals surface area contributed by atoms with Crippen molar-refractivity contribution in [2.24, 2.45) is 5.10 Å². The number of nitrogens with one attached hydrogen (secondary N) is 1. The molecule has 2 aromatic heterocycles. The highest BCUT2D eigenvalue weighted by atomic mass is 16.6. The lowest BCUT2D eigenvalue weighted by Gasteiger charge is -2.26. The quantitative estimate of drug-likeness (QED) is 0.322. The topological polar surface area (TPSA) is 141 Å². The number of aromatic nitrogens is 3. The van der Waals surface area contributed by atoms with E-state index in [4.69, 9.17) is 13.9 Å². The fraction of sp³-hybridized carbons (Fsp3) is 0.333. The minimum atomic E-state index is -0.390. The van der Waals surface area contributed by atoms with E-state index in [-0.39, 0.29) is 17.6 Å². The number of methoxy groups -OCH3 is 1. The van der Waals surface area contributed by atoms with Crippen LogP contribution < -0.4 is 15.1 Å². The van der Waals surface area contributed by atoms with Gasteiger partial charge in [0.2, 0.25) is 5.95 Å². The molecule has 3 heterocycles. The molecule has 1 saturated heterocycles. The van der Waals surface area contributed by atoms with Crippen molar-refractivity contribution in [3.05, 3.63) is 51.3 Å². The van der Waals surface area contributed by atoms with E-state index in [0.29, 0.717) is 49.3 Å². The SMILES string of the molecule is COc1nc(N/N=C\c2ccc(-c3cc(C)c([N+](=O)[O-])cc3C)o2)nc(N2CCOCC2)n1. The number of hydrogen-bond donors (Lipinski definition) is 1. The molecule has 12 nitrogen and oxygen atoms in total. The van der Waals surface area contributed by atoms with Gasteiger partial charge in [0.15, 0.2) is 0 Å². The van der Waals surface area contributed by atoms with Gasteiger partial charge in [-0.3, -0.25) is 10.1 Å². The molecule has 0 atom stereocenters. The van der Waals surface area contributed by atoms with E-state index in [2.05, 4.69) is 25.5 Å². The lowest BCUT2D eigenvalue weighted by molar-refractivity contribution is -0.385. The van der Waals surface area contributed by atoms with Crippen LogP contribution in [0.1, 0.15) is 16.9 Å². The Bertz CT molecular complexity index is 1190. The average Bonchev–Trinajstić information content (AvgIpc) is 3.29. The molecule has 0 aliphatic carbocycles. The highest BCUT2D eigenvalue weighted by Crippen LogP contribution is 2.31. The molecular weight excluding hydrogens is 430 g/mol. The third kappa shape index (κ3) is 5.06. The molecule has 0 saturated carbocycles. The number of ether oxygens (including phenoxy) is 2. The van der Waals surface area contributed by atoms with Crippen molar-refractivity contribution in [1.29, 1.82) is 0 Å². The normalized spacial score (nSPS) is 14.0.